The van der Waals surface area contributed by atoms with Crippen LogP contribution in [-0.4, -0.2) is 21.5 Å². The number of amides is 1. The lowest BCUT2D eigenvalue weighted by Gasteiger charge is -2.20. The van der Waals surface area contributed by atoms with Crippen LogP contribution >= 0.6 is 11.6 Å². The molecular formula is C14H17ClN4O. The molecule has 6 heteroatoms. The molecule has 0 spiro atoms. The summed E-state index contributed by atoms with van der Waals surface area (Å²) in [6.07, 6.45) is 3.52. The van der Waals surface area contributed by atoms with Crippen molar-refractivity contribution in [1.82, 2.24) is 14.9 Å². The Morgan fingerprint density at radius 2 is 2.05 bits per heavy atom. The average Bonchev–Trinajstić information content (AvgIpc) is 2.83. The first-order valence-electron chi connectivity index (χ1n) is 6.27. The molecule has 1 unspecified atom stereocenters. The molecule has 1 aromatic heterocycles. The molecule has 1 aromatic carbocycles. The van der Waals surface area contributed by atoms with Gasteiger partial charge in [-0.05, 0) is 24.6 Å². The molecule has 2 rings (SSSR count). The van der Waals surface area contributed by atoms with Gasteiger partial charge in [-0.1, -0.05) is 23.7 Å². The Bertz CT molecular complexity index is 591. The zero-order valence-electron chi connectivity index (χ0n) is 11.4. The summed E-state index contributed by atoms with van der Waals surface area (Å²) in [6, 6.07) is 6.36. The largest absolute Gasteiger partial charge is 0.341 e. The smallest absolute Gasteiger partial charge is 0.237 e. The summed E-state index contributed by atoms with van der Waals surface area (Å²) in [7, 11) is 1.88. The molecule has 0 aliphatic heterocycles. The van der Waals surface area contributed by atoms with E-state index in [1.165, 1.54) is 0 Å². The van der Waals surface area contributed by atoms with E-state index in [1.807, 2.05) is 29.9 Å². The fourth-order valence-corrected chi connectivity index (χ4v) is 2.01. The highest BCUT2D eigenvalue weighted by Crippen LogP contribution is 2.22. The summed E-state index contributed by atoms with van der Waals surface area (Å²) < 4.78 is 1.86. The first-order chi connectivity index (χ1) is 9.49. The van der Waals surface area contributed by atoms with E-state index in [4.69, 9.17) is 17.3 Å². The van der Waals surface area contributed by atoms with Gasteiger partial charge in [-0.15, -0.1) is 0 Å². The minimum absolute atomic E-state index is 0.229. The molecule has 2 atom stereocenters. The van der Waals surface area contributed by atoms with Crippen molar-refractivity contribution < 1.29 is 4.79 Å². The molecule has 0 fully saturated rings. The Morgan fingerprint density at radius 3 is 2.55 bits per heavy atom. The summed E-state index contributed by atoms with van der Waals surface area (Å²) in [4.78, 5) is 16.2. The lowest BCUT2D eigenvalue weighted by atomic mass is 10.1. The van der Waals surface area contributed by atoms with E-state index in [9.17, 15) is 4.79 Å². The molecule has 0 aliphatic rings. The van der Waals surface area contributed by atoms with Gasteiger partial charge in [0.2, 0.25) is 5.91 Å². The second kappa shape index (κ2) is 6.07. The van der Waals surface area contributed by atoms with E-state index in [-0.39, 0.29) is 11.9 Å². The number of hydrogen-bond acceptors (Lipinski definition) is 3. The van der Waals surface area contributed by atoms with E-state index in [0.717, 1.165) is 11.4 Å². The van der Waals surface area contributed by atoms with Gasteiger partial charge in [0.25, 0.3) is 0 Å². The predicted molar refractivity (Wildman–Crippen MR) is 78.3 cm³/mol. The monoisotopic (exact) mass is 292 g/mol. The number of imidazole rings is 1. The number of carbonyl (C=O) groups excluding carboxylic acids is 1. The number of carbonyl (C=O) groups is 1. The average molecular weight is 293 g/mol. The molecule has 2 aromatic rings. The van der Waals surface area contributed by atoms with Crippen LogP contribution in [0.2, 0.25) is 5.02 Å². The fraction of sp³-hybridized carbons (Fsp3) is 0.286. The first-order valence-corrected chi connectivity index (χ1v) is 6.65. The number of aromatic nitrogens is 2. The van der Waals surface area contributed by atoms with Gasteiger partial charge in [-0.25, -0.2) is 4.98 Å². The van der Waals surface area contributed by atoms with Crippen LogP contribution < -0.4 is 11.1 Å². The molecule has 5 nitrogen and oxygen atoms in total. The predicted octanol–water partition coefficient (Wildman–Crippen LogP) is 1.63. The van der Waals surface area contributed by atoms with E-state index < -0.39 is 6.04 Å². The van der Waals surface area contributed by atoms with E-state index >= 15 is 0 Å². The van der Waals surface area contributed by atoms with Crippen LogP contribution in [0.25, 0.3) is 0 Å². The van der Waals surface area contributed by atoms with Gasteiger partial charge < -0.3 is 15.6 Å². The number of hydrogen-bond donors (Lipinski definition) is 2. The molecule has 0 bridgehead atoms. The molecule has 20 heavy (non-hydrogen) atoms. The Hall–Kier alpha value is -1.85. The maximum absolute atomic E-state index is 11.9. The third kappa shape index (κ3) is 3.18. The molecule has 106 valence electrons. The number of halogens is 1. The van der Waals surface area contributed by atoms with Crippen LogP contribution in [0.5, 0.6) is 0 Å². The van der Waals surface area contributed by atoms with Crippen molar-refractivity contribution in [2.75, 3.05) is 0 Å². The minimum atomic E-state index is -0.579. The topological polar surface area (TPSA) is 72.9 Å². The molecular weight excluding hydrogens is 276 g/mol. The Kier molecular flexibility index (Phi) is 4.42. The van der Waals surface area contributed by atoms with Crippen LogP contribution in [0, 0.1) is 0 Å². The molecule has 3 N–H and O–H groups in total. The number of benzene rings is 1. The third-order valence-electron chi connectivity index (χ3n) is 3.02. The quantitative estimate of drug-likeness (QED) is 0.899. The molecule has 0 radical (unpaired) electrons. The van der Waals surface area contributed by atoms with Crippen LogP contribution in [0.1, 0.15) is 24.4 Å². The van der Waals surface area contributed by atoms with Crippen LogP contribution in [0.3, 0.4) is 0 Å². The van der Waals surface area contributed by atoms with Crippen molar-refractivity contribution >= 4 is 17.5 Å². The van der Waals surface area contributed by atoms with Crippen LogP contribution in [0.15, 0.2) is 36.7 Å². The lowest BCUT2D eigenvalue weighted by Crippen LogP contribution is -2.41. The summed E-state index contributed by atoms with van der Waals surface area (Å²) >= 11 is 5.90. The number of nitrogens with zero attached hydrogens (tertiary/aromatic N) is 2. The first kappa shape index (κ1) is 14.6. The fourth-order valence-electron chi connectivity index (χ4n) is 1.88. The Balaban J connectivity index is 2.36. The summed E-state index contributed by atoms with van der Waals surface area (Å²) in [5.41, 5.74) is 6.52. The standard InChI is InChI=1S/C14H17ClN4O/c1-9(16)14(20)18-12(13-17-7-8-19(13)2)10-3-5-11(15)6-4-10/h3-9,12H,16H2,1-2H3,(H,18,20)/t9-,12?/m1/s1. The minimum Gasteiger partial charge on any atom is -0.341 e. The Labute approximate surface area is 122 Å². The maximum Gasteiger partial charge on any atom is 0.237 e. The highest BCUT2D eigenvalue weighted by atomic mass is 35.5. The number of nitrogens with two attached hydrogens (primary N) is 1. The van der Waals surface area contributed by atoms with Gasteiger partial charge in [0.05, 0.1) is 6.04 Å². The summed E-state index contributed by atoms with van der Waals surface area (Å²) in [5.74, 6) is 0.509. The third-order valence-corrected chi connectivity index (χ3v) is 3.27. The van der Waals surface area contributed by atoms with Crippen molar-refractivity contribution in [3.8, 4) is 0 Å². The van der Waals surface area contributed by atoms with E-state index in [2.05, 4.69) is 10.3 Å². The van der Waals surface area contributed by atoms with Gasteiger partial charge in [-0.3, -0.25) is 4.79 Å². The number of nitrogens with one attached hydrogen (secondary N) is 1. The summed E-state index contributed by atoms with van der Waals surface area (Å²) in [6.45, 7) is 1.65. The number of aryl methyl sites for hydroxylation is 1. The van der Waals surface area contributed by atoms with Crippen molar-refractivity contribution in [3.05, 3.63) is 53.1 Å². The second-order valence-corrected chi connectivity index (χ2v) is 5.11. The van der Waals surface area contributed by atoms with Gasteiger partial charge >= 0.3 is 0 Å². The van der Waals surface area contributed by atoms with Crippen LogP contribution in [-0.2, 0) is 11.8 Å². The Morgan fingerprint density at radius 1 is 1.40 bits per heavy atom. The lowest BCUT2D eigenvalue weighted by molar-refractivity contribution is -0.122. The molecule has 0 aliphatic carbocycles. The van der Waals surface area contributed by atoms with Crippen molar-refractivity contribution in [3.63, 3.8) is 0 Å². The molecule has 1 amide bonds. The summed E-state index contributed by atoms with van der Waals surface area (Å²) in [5, 5.41) is 3.55. The van der Waals surface area contributed by atoms with E-state index in [0.29, 0.717) is 5.02 Å². The van der Waals surface area contributed by atoms with Gasteiger partial charge in [0.1, 0.15) is 11.9 Å². The highest BCUT2D eigenvalue weighted by molar-refractivity contribution is 6.30. The number of rotatable bonds is 4. The molecule has 0 saturated carbocycles. The zero-order valence-corrected chi connectivity index (χ0v) is 12.1. The van der Waals surface area contributed by atoms with Gasteiger partial charge in [0.15, 0.2) is 0 Å². The SMILES string of the molecule is C[C@@H](N)C(=O)NC(c1ccc(Cl)cc1)c1nccn1C. The van der Waals surface area contributed by atoms with Gasteiger partial charge in [0, 0.05) is 24.5 Å². The van der Waals surface area contributed by atoms with Gasteiger partial charge in [-0.2, -0.15) is 0 Å². The zero-order chi connectivity index (χ0) is 14.7. The maximum atomic E-state index is 11.9. The van der Waals surface area contributed by atoms with Crippen molar-refractivity contribution in [2.24, 2.45) is 12.8 Å². The van der Waals surface area contributed by atoms with Crippen molar-refractivity contribution in [1.29, 1.82) is 0 Å². The molecule has 0 saturated heterocycles. The second-order valence-electron chi connectivity index (χ2n) is 4.68. The van der Waals surface area contributed by atoms with E-state index in [1.54, 1.807) is 25.3 Å². The van der Waals surface area contributed by atoms with Crippen molar-refractivity contribution in [2.45, 2.75) is 19.0 Å². The molecule has 1 heterocycles. The normalized spacial score (nSPS) is 13.8. The highest BCUT2D eigenvalue weighted by Gasteiger charge is 2.21. The van der Waals surface area contributed by atoms with Crippen LogP contribution in [0.4, 0.5) is 0 Å².